The Morgan fingerprint density at radius 2 is 2.05 bits per heavy atom. The van der Waals surface area contributed by atoms with Gasteiger partial charge in [-0.05, 0) is 25.7 Å². The molecule has 0 spiro atoms. The summed E-state index contributed by atoms with van der Waals surface area (Å²) in [6.45, 7) is 8.09. The highest BCUT2D eigenvalue weighted by Crippen LogP contribution is 2.41. The van der Waals surface area contributed by atoms with E-state index in [9.17, 15) is 4.79 Å². The zero-order chi connectivity index (χ0) is 14.7. The smallest absolute Gasteiger partial charge is 0.409 e. The Kier molecular flexibility index (Phi) is 4.91. The van der Waals surface area contributed by atoms with Crippen molar-refractivity contribution in [2.45, 2.75) is 39.5 Å². The lowest BCUT2D eigenvalue weighted by atomic mass is 10.1. The number of carbonyl (C=O) groups excluding carboxylic acids is 1. The quantitative estimate of drug-likeness (QED) is 0.858. The van der Waals surface area contributed by atoms with Crippen molar-refractivity contribution in [1.29, 1.82) is 0 Å². The summed E-state index contributed by atoms with van der Waals surface area (Å²) in [5.74, 6) is 1.51. The minimum atomic E-state index is -0.203. The first-order valence-corrected chi connectivity index (χ1v) is 8.00. The Morgan fingerprint density at radius 3 is 2.65 bits per heavy atom. The Bertz CT molecular complexity index is 482. The average Bonchev–Trinajstić information content (AvgIpc) is 2.64. The van der Waals surface area contributed by atoms with Gasteiger partial charge in [-0.1, -0.05) is 13.8 Å². The molecule has 0 bridgehead atoms. The van der Waals surface area contributed by atoms with Crippen molar-refractivity contribution in [3.8, 4) is 5.75 Å². The van der Waals surface area contributed by atoms with Crippen LogP contribution >= 0.6 is 11.3 Å². The van der Waals surface area contributed by atoms with E-state index in [2.05, 4.69) is 13.8 Å². The van der Waals surface area contributed by atoms with E-state index in [0.717, 1.165) is 25.1 Å². The third-order valence-electron chi connectivity index (χ3n) is 3.56. The molecule has 1 aliphatic heterocycles. The lowest BCUT2D eigenvalue weighted by molar-refractivity contribution is 0.109. The Hall–Kier alpha value is -1.23. The van der Waals surface area contributed by atoms with Gasteiger partial charge in [0.15, 0.2) is 0 Å². The molecule has 0 radical (unpaired) electrons. The second kappa shape index (κ2) is 6.48. The molecule has 1 amide bonds. The van der Waals surface area contributed by atoms with Crippen LogP contribution in [0.1, 0.15) is 42.0 Å². The van der Waals surface area contributed by atoms with Gasteiger partial charge in [-0.15, -0.1) is 11.3 Å². The number of thiophene rings is 1. The van der Waals surface area contributed by atoms with Gasteiger partial charge in [-0.25, -0.2) is 4.79 Å². The monoisotopic (exact) mass is 297 g/mol. The lowest BCUT2D eigenvalue weighted by Crippen LogP contribution is -2.33. The molecule has 2 rings (SSSR count). The number of hydrogen-bond donors (Lipinski definition) is 0. The number of amides is 1. The van der Waals surface area contributed by atoms with Gasteiger partial charge in [-0.2, -0.15) is 0 Å². The van der Waals surface area contributed by atoms with E-state index in [1.165, 1.54) is 15.3 Å². The van der Waals surface area contributed by atoms with Crippen molar-refractivity contribution in [3.05, 3.63) is 15.3 Å². The molecule has 5 heteroatoms. The molecule has 0 aliphatic carbocycles. The third kappa shape index (κ3) is 2.92. The van der Waals surface area contributed by atoms with E-state index in [4.69, 9.17) is 9.47 Å². The van der Waals surface area contributed by atoms with Crippen LogP contribution in [0.4, 0.5) is 4.79 Å². The maximum Gasteiger partial charge on any atom is 0.409 e. The van der Waals surface area contributed by atoms with Gasteiger partial charge in [0.25, 0.3) is 0 Å². The highest BCUT2D eigenvalue weighted by molar-refractivity contribution is 7.12. The van der Waals surface area contributed by atoms with E-state index in [1.54, 1.807) is 12.0 Å². The fraction of sp³-hybridized carbons (Fsp3) is 0.667. The predicted octanol–water partition coefficient (Wildman–Crippen LogP) is 3.44. The van der Waals surface area contributed by atoms with Crippen LogP contribution in [0, 0.1) is 0 Å². The average molecular weight is 297 g/mol. The third-order valence-corrected chi connectivity index (χ3v) is 5.14. The molecule has 1 aromatic rings. The fourth-order valence-corrected chi connectivity index (χ4v) is 3.88. The summed E-state index contributed by atoms with van der Waals surface area (Å²) in [6.07, 6.45) is 1.54. The predicted molar refractivity (Wildman–Crippen MR) is 81.0 cm³/mol. The molecule has 0 saturated carbocycles. The molecule has 0 N–H and O–H groups in total. The summed E-state index contributed by atoms with van der Waals surface area (Å²) < 4.78 is 10.7. The van der Waals surface area contributed by atoms with Crippen LogP contribution in [0.5, 0.6) is 5.75 Å². The second-order valence-electron chi connectivity index (χ2n) is 5.24. The van der Waals surface area contributed by atoms with Crippen LogP contribution in [0.3, 0.4) is 0 Å². The van der Waals surface area contributed by atoms with E-state index in [0.29, 0.717) is 19.1 Å². The molecule has 0 aromatic carbocycles. The largest absolute Gasteiger partial charge is 0.495 e. The zero-order valence-corrected chi connectivity index (χ0v) is 13.5. The molecular weight excluding hydrogens is 274 g/mol. The van der Waals surface area contributed by atoms with Crippen molar-refractivity contribution in [3.63, 3.8) is 0 Å². The van der Waals surface area contributed by atoms with Crippen LogP contribution < -0.4 is 4.74 Å². The number of ether oxygens (including phenoxy) is 2. The van der Waals surface area contributed by atoms with Crippen molar-refractivity contribution in [2.24, 2.45) is 0 Å². The van der Waals surface area contributed by atoms with Crippen molar-refractivity contribution >= 4 is 17.4 Å². The number of methoxy groups -OCH3 is 1. The molecule has 112 valence electrons. The van der Waals surface area contributed by atoms with Gasteiger partial charge >= 0.3 is 6.09 Å². The number of hydrogen-bond acceptors (Lipinski definition) is 4. The second-order valence-corrected chi connectivity index (χ2v) is 6.38. The zero-order valence-electron chi connectivity index (χ0n) is 12.7. The highest BCUT2D eigenvalue weighted by atomic mass is 32.1. The summed E-state index contributed by atoms with van der Waals surface area (Å²) in [7, 11) is 1.74. The van der Waals surface area contributed by atoms with Crippen molar-refractivity contribution in [1.82, 2.24) is 4.90 Å². The van der Waals surface area contributed by atoms with Crippen LogP contribution in [0.25, 0.3) is 0 Å². The number of nitrogens with zero attached hydrogens (tertiary/aromatic N) is 1. The van der Waals surface area contributed by atoms with Gasteiger partial charge in [0.2, 0.25) is 0 Å². The normalized spacial score (nSPS) is 14.9. The van der Waals surface area contributed by atoms with Gasteiger partial charge < -0.3 is 14.4 Å². The van der Waals surface area contributed by atoms with Crippen LogP contribution in [0.15, 0.2) is 0 Å². The summed E-state index contributed by atoms with van der Waals surface area (Å²) in [4.78, 5) is 16.3. The van der Waals surface area contributed by atoms with Gasteiger partial charge in [0.1, 0.15) is 5.75 Å². The number of rotatable bonds is 3. The SMILES string of the molecule is CCOC(=O)N1CCc2sc(C(C)C)c(OC)c2CC1. The molecule has 2 heterocycles. The van der Waals surface area contributed by atoms with E-state index in [1.807, 2.05) is 18.3 Å². The van der Waals surface area contributed by atoms with E-state index < -0.39 is 0 Å². The Labute approximate surface area is 124 Å². The Morgan fingerprint density at radius 1 is 1.35 bits per heavy atom. The lowest BCUT2D eigenvalue weighted by Gasteiger charge is -2.19. The van der Waals surface area contributed by atoms with Gasteiger partial charge in [0.05, 0.1) is 13.7 Å². The summed E-state index contributed by atoms with van der Waals surface area (Å²) in [5, 5.41) is 0. The van der Waals surface area contributed by atoms with Crippen LogP contribution in [0.2, 0.25) is 0 Å². The molecule has 1 aromatic heterocycles. The first-order chi connectivity index (χ1) is 9.58. The maximum atomic E-state index is 11.8. The first-order valence-electron chi connectivity index (χ1n) is 7.18. The Balaban J connectivity index is 2.19. The molecule has 1 aliphatic rings. The van der Waals surface area contributed by atoms with Crippen molar-refractivity contribution in [2.75, 3.05) is 26.8 Å². The number of carbonyl (C=O) groups is 1. The highest BCUT2D eigenvalue weighted by Gasteiger charge is 2.26. The van der Waals surface area contributed by atoms with Gasteiger partial charge in [0, 0.05) is 28.4 Å². The maximum absolute atomic E-state index is 11.8. The molecule has 0 saturated heterocycles. The standard InChI is InChI=1S/C15H23NO3S/c1-5-19-15(17)16-8-6-11-12(7-9-16)20-14(10(2)3)13(11)18-4/h10H,5-9H2,1-4H3. The summed E-state index contributed by atoms with van der Waals surface area (Å²) >= 11 is 1.83. The molecule has 20 heavy (non-hydrogen) atoms. The molecule has 0 atom stereocenters. The van der Waals surface area contributed by atoms with Crippen LogP contribution in [-0.4, -0.2) is 37.8 Å². The number of fused-ring (bicyclic) bond motifs is 1. The summed E-state index contributed by atoms with van der Waals surface area (Å²) in [6, 6.07) is 0. The summed E-state index contributed by atoms with van der Waals surface area (Å²) in [5.41, 5.74) is 1.29. The van der Waals surface area contributed by atoms with Crippen LogP contribution in [-0.2, 0) is 17.6 Å². The minimum absolute atomic E-state index is 0.203. The molecule has 4 nitrogen and oxygen atoms in total. The van der Waals surface area contributed by atoms with Gasteiger partial charge in [-0.3, -0.25) is 0 Å². The topological polar surface area (TPSA) is 38.8 Å². The van der Waals surface area contributed by atoms with E-state index >= 15 is 0 Å². The molecule has 0 fully saturated rings. The van der Waals surface area contributed by atoms with E-state index in [-0.39, 0.29) is 6.09 Å². The molecule has 0 unspecified atom stereocenters. The minimum Gasteiger partial charge on any atom is -0.495 e. The first kappa shape index (κ1) is 15.2. The molecular formula is C15H23NO3S. The fourth-order valence-electron chi connectivity index (χ4n) is 2.57. The van der Waals surface area contributed by atoms with Crippen molar-refractivity contribution < 1.29 is 14.3 Å².